The molecule has 0 bridgehead atoms. The van der Waals surface area contributed by atoms with Crippen molar-refractivity contribution in [2.24, 2.45) is 0 Å². The number of benzene rings is 2. The molecular formula is C29H30FN3O5S. The Kier molecular flexibility index (Phi) is 8.15. The second-order valence-electron chi connectivity index (χ2n) is 9.20. The number of aryl methyl sites for hydroxylation is 2. The van der Waals surface area contributed by atoms with E-state index in [1.165, 1.54) is 22.8 Å². The number of aromatic nitrogens is 3. The second kappa shape index (κ2) is 11.4. The van der Waals surface area contributed by atoms with Crippen molar-refractivity contribution in [1.29, 1.82) is 0 Å². The van der Waals surface area contributed by atoms with Crippen LogP contribution in [0, 0.1) is 12.9 Å². The summed E-state index contributed by atoms with van der Waals surface area (Å²) in [4.78, 5) is 20.9. The van der Waals surface area contributed by atoms with Crippen LogP contribution < -0.4 is 10.3 Å². The second-order valence-corrected chi connectivity index (χ2v) is 11.1. The molecule has 0 saturated heterocycles. The van der Waals surface area contributed by atoms with Crippen LogP contribution in [0.2, 0.25) is 0 Å². The molecule has 1 unspecified atom stereocenters. The van der Waals surface area contributed by atoms with Gasteiger partial charge in [0.2, 0.25) is 21.7 Å². The summed E-state index contributed by atoms with van der Waals surface area (Å²) in [6, 6.07) is 15.1. The SMILES string of the molecule is CCCCc1nc(O)c(S(=O)(=O)c2ccc(-c3ccc(F)nc3C)cc2)c(=O)n1C(C)c1ccc(OC)cc1. The van der Waals surface area contributed by atoms with Crippen LogP contribution >= 0.6 is 0 Å². The molecule has 204 valence electrons. The Balaban J connectivity index is 1.82. The van der Waals surface area contributed by atoms with E-state index in [4.69, 9.17) is 4.74 Å². The molecule has 0 radical (unpaired) electrons. The third-order valence-corrected chi connectivity index (χ3v) is 8.45. The molecule has 0 saturated carbocycles. The van der Waals surface area contributed by atoms with Crippen molar-refractivity contribution in [3.05, 3.63) is 94.0 Å². The molecule has 2 aromatic heterocycles. The van der Waals surface area contributed by atoms with Gasteiger partial charge >= 0.3 is 0 Å². The Hall–Kier alpha value is -4.05. The molecule has 0 aliphatic carbocycles. The number of methoxy groups -OCH3 is 1. The molecule has 2 aromatic carbocycles. The Labute approximate surface area is 226 Å². The highest BCUT2D eigenvalue weighted by atomic mass is 32.2. The van der Waals surface area contributed by atoms with Gasteiger partial charge in [-0.15, -0.1) is 0 Å². The Morgan fingerprint density at radius 3 is 2.28 bits per heavy atom. The van der Waals surface area contributed by atoms with Crippen molar-refractivity contribution in [1.82, 2.24) is 14.5 Å². The zero-order chi connectivity index (χ0) is 28.3. The number of hydrogen-bond donors (Lipinski definition) is 1. The highest BCUT2D eigenvalue weighted by Crippen LogP contribution is 2.30. The van der Waals surface area contributed by atoms with Gasteiger partial charge in [-0.1, -0.05) is 37.6 Å². The minimum Gasteiger partial charge on any atom is -0.497 e. The molecule has 39 heavy (non-hydrogen) atoms. The number of ether oxygens (including phenoxy) is 1. The molecule has 4 rings (SSSR count). The molecule has 0 amide bonds. The normalized spacial score (nSPS) is 12.3. The van der Waals surface area contributed by atoms with Crippen molar-refractivity contribution in [3.63, 3.8) is 0 Å². The van der Waals surface area contributed by atoms with E-state index in [-0.39, 0.29) is 4.90 Å². The molecule has 0 aliphatic rings. The fraction of sp³-hybridized carbons (Fsp3) is 0.276. The number of halogens is 1. The van der Waals surface area contributed by atoms with Gasteiger partial charge < -0.3 is 9.84 Å². The Bertz CT molecular complexity index is 1650. The fourth-order valence-electron chi connectivity index (χ4n) is 4.49. The third kappa shape index (κ3) is 5.56. The molecule has 4 aromatic rings. The van der Waals surface area contributed by atoms with Gasteiger partial charge in [0, 0.05) is 17.7 Å². The summed E-state index contributed by atoms with van der Waals surface area (Å²) in [7, 11) is -2.89. The van der Waals surface area contributed by atoms with Crippen LogP contribution in [0.4, 0.5) is 4.39 Å². The van der Waals surface area contributed by atoms with Gasteiger partial charge in [-0.05, 0) is 67.8 Å². The maximum atomic E-state index is 13.8. The topological polar surface area (TPSA) is 111 Å². The number of aromatic hydroxyl groups is 1. The van der Waals surface area contributed by atoms with Crippen LogP contribution in [0.25, 0.3) is 11.1 Å². The van der Waals surface area contributed by atoms with Gasteiger partial charge in [-0.2, -0.15) is 9.37 Å². The monoisotopic (exact) mass is 551 g/mol. The molecule has 0 fully saturated rings. The molecule has 1 N–H and O–H groups in total. The van der Waals surface area contributed by atoms with Gasteiger partial charge in [-0.25, -0.2) is 13.4 Å². The lowest BCUT2D eigenvalue weighted by Gasteiger charge is -2.21. The van der Waals surface area contributed by atoms with Gasteiger partial charge in [0.05, 0.1) is 18.0 Å². The first-order chi connectivity index (χ1) is 18.6. The number of unbranched alkanes of at least 4 members (excludes halogenated alkanes) is 1. The van der Waals surface area contributed by atoms with Gasteiger partial charge in [-0.3, -0.25) is 9.36 Å². The zero-order valence-corrected chi connectivity index (χ0v) is 23.0. The minimum atomic E-state index is -4.44. The molecule has 10 heteroatoms. The lowest BCUT2D eigenvalue weighted by molar-refractivity contribution is 0.411. The largest absolute Gasteiger partial charge is 0.497 e. The smallest absolute Gasteiger partial charge is 0.277 e. The van der Waals surface area contributed by atoms with Gasteiger partial charge in [0.25, 0.3) is 5.56 Å². The summed E-state index contributed by atoms with van der Waals surface area (Å²) in [5.74, 6) is -0.490. The van der Waals surface area contributed by atoms with E-state index in [1.54, 1.807) is 63.4 Å². The highest BCUT2D eigenvalue weighted by molar-refractivity contribution is 7.91. The quantitative estimate of drug-likeness (QED) is 0.283. The minimum absolute atomic E-state index is 0.182. The lowest BCUT2D eigenvalue weighted by Crippen LogP contribution is -2.32. The maximum Gasteiger partial charge on any atom is 0.277 e. The maximum absolute atomic E-state index is 13.8. The van der Waals surface area contributed by atoms with E-state index in [9.17, 15) is 22.7 Å². The van der Waals surface area contributed by atoms with Crippen molar-refractivity contribution >= 4 is 9.84 Å². The summed E-state index contributed by atoms with van der Waals surface area (Å²) in [6.07, 6.45) is 1.91. The molecule has 0 spiro atoms. The summed E-state index contributed by atoms with van der Waals surface area (Å²) in [5, 5.41) is 10.7. The molecular weight excluding hydrogens is 521 g/mol. The van der Waals surface area contributed by atoms with E-state index in [0.717, 1.165) is 12.0 Å². The first kappa shape index (κ1) is 28.0. The van der Waals surface area contributed by atoms with Crippen molar-refractivity contribution < 1.29 is 22.7 Å². The standard InChI is InChI=1S/C29H30FN3O5S/c1-5-6-7-26-32-28(34)27(29(35)33(26)19(3)20-8-12-22(38-4)13-9-20)39(36,37)23-14-10-21(11-15-23)24-16-17-25(30)31-18(24)2/h8-17,19,34H,5-7H2,1-4H3. The van der Waals surface area contributed by atoms with E-state index < -0.39 is 38.2 Å². The summed E-state index contributed by atoms with van der Waals surface area (Å²) < 4.78 is 47.3. The van der Waals surface area contributed by atoms with Crippen molar-refractivity contribution in [2.45, 2.75) is 55.9 Å². The Morgan fingerprint density at radius 1 is 1.03 bits per heavy atom. The molecule has 2 heterocycles. The van der Waals surface area contributed by atoms with Crippen LogP contribution in [-0.2, 0) is 16.3 Å². The first-order valence-corrected chi connectivity index (χ1v) is 14.0. The molecule has 8 nitrogen and oxygen atoms in total. The van der Waals surface area contributed by atoms with E-state index in [0.29, 0.717) is 41.2 Å². The summed E-state index contributed by atoms with van der Waals surface area (Å²) in [5.41, 5.74) is 1.62. The number of rotatable bonds is 9. The van der Waals surface area contributed by atoms with Gasteiger partial charge in [0.15, 0.2) is 4.90 Å². The summed E-state index contributed by atoms with van der Waals surface area (Å²) in [6.45, 7) is 5.42. The predicted molar refractivity (Wildman–Crippen MR) is 145 cm³/mol. The van der Waals surface area contributed by atoms with E-state index in [2.05, 4.69) is 9.97 Å². The Morgan fingerprint density at radius 2 is 1.69 bits per heavy atom. The van der Waals surface area contributed by atoms with E-state index in [1.807, 2.05) is 6.92 Å². The number of pyridine rings is 1. The zero-order valence-electron chi connectivity index (χ0n) is 22.2. The number of sulfone groups is 1. The fourth-order valence-corrected chi connectivity index (χ4v) is 5.84. The molecule has 0 aliphatic heterocycles. The van der Waals surface area contributed by atoms with Crippen molar-refractivity contribution in [3.8, 4) is 22.8 Å². The van der Waals surface area contributed by atoms with Crippen LogP contribution in [0.1, 0.15) is 49.8 Å². The van der Waals surface area contributed by atoms with Crippen LogP contribution in [0.3, 0.4) is 0 Å². The molecule has 1 atom stereocenters. The summed E-state index contributed by atoms with van der Waals surface area (Å²) >= 11 is 0. The average molecular weight is 552 g/mol. The van der Waals surface area contributed by atoms with E-state index >= 15 is 0 Å². The average Bonchev–Trinajstić information content (AvgIpc) is 2.91. The number of hydrogen-bond acceptors (Lipinski definition) is 7. The number of nitrogens with zero attached hydrogens (tertiary/aromatic N) is 3. The van der Waals surface area contributed by atoms with Crippen LogP contribution in [0.5, 0.6) is 11.6 Å². The van der Waals surface area contributed by atoms with Crippen molar-refractivity contribution in [2.75, 3.05) is 7.11 Å². The van der Waals surface area contributed by atoms with Crippen LogP contribution in [-0.4, -0.2) is 35.2 Å². The third-order valence-electron chi connectivity index (χ3n) is 6.66. The first-order valence-electron chi connectivity index (χ1n) is 12.6. The predicted octanol–water partition coefficient (Wildman–Crippen LogP) is 5.25. The highest BCUT2D eigenvalue weighted by Gasteiger charge is 2.31. The van der Waals surface area contributed by atoms with Gasteiger partial charge in [0.1, 0.15) is 11.6 Å². The lowest BCUT2D eigenvalue weighted by atomic mass is 10.1. The van der Waals surface area contributed by atoms with Crippen LogP contribution in [0.15, 0.2) is 75.2 Å².